The lowest BCUT2D eigenvalue weighted by Gasteiger charge is -2.22. The molecule has 0 unspecified atom stereocenters. The second kappa shape index (κ2) is 6.29. The summed E-state index contributed by atoms with van der Waals surface area (Å²) in [6, 6.07) is 0. The predicted molar refractivity (Wildman–Crippen MR) is 76.4 cm³/mol. The molecule has 1 aliphatic carbocycles. The average Bonchev–Trinajstić information content (AvgIpc) is 2.46. The van der Waals surface area contributed by atoms with E-state index >= 15 is 0 Å². The maximum atomic E-state index is 13.5. The van der Waals surface area contributed by atoms with Gasteiger partial charge in [0.15, 0.2) is 0 Å². The van der Waals surface area contributed by atoms with Crippen molar-refractivity contribution in [1.29, 1.82) is 0 Å². The van der Waals surface area contributed by atoms with Crippen LogP contribution in [0, 0.1) is 29.4 Å². The number of aromatic nitrogens is 1. The molecule has 1 N–H and O–H groups in total. The summed E-state index contributed by atoms with van der Waals surface area (Å²) in [4.78, 5) is 2.48. The van der Waals surface area contributed by atoms with Gasteiger partial charge in [-0.15, -0.1) is 0 Å². The van der Waals surface area contributed by atoms with E-state index < -0.39 is 29.2 Å². The average molecular weight is 313 g/mol. The van der Waals surface area contributed by atoms with Gasteiger partial charge in [-0.25, -0.2) is 0 Å². The number of hydrogen-bond donors (Lipinski definition) is 1. The molecule has 1 atom stereocenters. The van der Waals surface area contributed by atoms with Gasteiger partial charge in [-0.2, -0.15) is 27.6 Å². The number of hydrazone groups is 1. The van der Waals surface area contributed by atoms with Crippen LogP contribution < -0.4 is 5.43 Å². The minimum Gasteiger partial charge on any atom is -0.272 e. The third kappa shape index (κ3) is 3.18. The summed E-state index contributed by atoms with van der Waals surface area (Å²) in [7, 11) is 0. The monoisotopic (exact) mass is 313 g/mol. The topological polar surface area (TPSA) is 37.3 Å². The Balaban J connectivity index is 2.30. The summed E-state index contributed by atoms with van der Waals surface area (Å²) in [5.41, 5.74) is 3.43. The van der Waals surface area contributed by atoms with Crippen LogP contribution in [-0.4, -0.2) is 10.7 Å². The zero-order valence-electron chi connectivity index (χ0n) is 12.2. The molecule has 0 fully saturated rings. The van der Waals surface area contributed by atoms with E-state index in [-0.39, 0.29) is 5.92 Å². The summed E-state index contributed by atoms with van der Waals surface area (Å²) in [5.74, 6) is -6.51. The Hall–Kier alpha value is -2.18. The SMILES string of the molecule is C=C(C)[C@@H]1CC=C(C)C(=NNc2c(F)c(F)nc(F)c2F)C1. The van der Waals surface area contributed by atoms with E-state index in [1.54, 1.807) is 6.92 Å². The molecule has 1 aromatic heterocycles. The van der Waals surface area contributed by atoms with Gasteiger partial charge < -0.3 is 0 Å². The van der Waals surface area contributed by atoms with Gasteiger partial charge >= 0.3 is 0 Å². The fourth-order valence-corrected chi connectivity index (χ4v) is 2.13. The van der Waals surface area contributed by atoms with Crippen molar-refractivity contribution in [2.24, 2.45) is 11.0 Å². The van der Waals surface area contributed by atoms with Crippen molar-refractivity contribution in [1.82, 2.24) is 4.98 Å². The summed E-state index contributed by atoms with van der Waals surface area (Å²) < 4.78 is 53.0. The van der Waals surface area contributed by atoms with Crippen LogP contribution in [0.4, 0.5) is 23.2 Å². The molecule has 1 aromatic rings. The highest BCUT2D eigenvalue weighted by Crippen LogP contribution is 2.27. The number of hydrogen-bond acceptors (Lipinski definition) is 3. The second-order valence-electron chi connectivity index (χ2n) is 5.24. The first-order valence-electron chi connectivity index (χ1n) is 6.66. The van der Waals surface area contributed by atoms with Gasteiger partial charge in [0.1, 0.15) is 5.69 Å². The lowest BCUT2D eigenvalue weighted by atomic mass is 9.85. The van der Waals surface area contributed by atoms with E-state index in [1.807, 2.05) is 13.0 Å². The van der Waals surface area contributed by atoms with Gasteiger partial charge in [0.25, 0.3) is 11.9 Å². The molecule has 1 aliphatic rings. The molecule has 2 rings (SSSR count). The Morgan fingerprint density at radius 2 is 1.86 bits per heavy atom. The normalized spacial score (nSPS) is 20.0. The Morgan fingerprint density at radius 1 is 1.27 bits per heavy atom. The highest BCUT2D eigenvalue weighted by Gasteiger charge is 2.22. The van der Waals surface area contributed by atoms with E-state index in [4.69, 9.17) is 0 Å². The molecule has 1 heterocycles. The third-order valence-corrected chi connectivity index (χ3v) is 3.60. The molecular formula is C15H15F4N3. The number of allylic oxidation sites excluding steroid dienone is 3. The van der Waals surface area contributed by atoms with Gasteiger partial charge in [0.2, 0.25) is 11.6 Å². The molecule has 0 aliphatic heterocycles. The maximum Gasteiger partial charge on any atom is 0.254 e. The Labute approximate surface area is 125 Å². The highest BCUT2D eigenvalue weighted by molar-refractivity contribution is 6.01. The van der Waals surface area contributed by atoms with Gasteiger partial charge in [-0.05, 0) is 38.2 Å². The Kier molecular flexibility index (Phi) is 4.63. The molecule has 0 aromatic carbocycles. The van der Waals surface area contributed by atoms with Crippen molar-refractivity contribution >= 4 is 11.4 Å². The van der Waals surface area contributed by atoms with E-state index in [0.29, 0.717) is 12.1 Å². The van der Waals surface area contributed by atoms with Gasteiger partial charge in [-0.3, -0.25) is 5.43 Å². The molecule has 0 spiro atoms. The molecule has 3 nitrogen and oxygen atoms in total. The lowest BCUT2D eigenvalue weighted by Crippen LogP contribution is -2.17. The Morgan fingerprint density at radius 3 is 2.41 bits per heavy atom. The molecule has 7 heteroatoms. The quantitative estimate of drug-likeness (QED) is 0.390. The van der Waals surface area contributed by atoms with E-state index in [1.165, 1.54) is 0 Å². The first kappa shape index (κ1) is 16.2. The number of rotatable bonds is 3. The minimum absolute atomic E-state index is 0.171. The molecule has 22 heavy (non-hydrogen) atoms. The zero-order valence-corrected chi connectivity index (χ0v) is 12.2. The van der Waals surface area contributed by atoms with Crippen molar-refractivity contribution in [2.45, 2.75) is 26.7 Å². The largest absolute Gasteiger partial charge is 0.272 e. The first-order chi connectivity index (χ1) is 10.3. The first-order valence-corrected chi connectivity index (χ1v) is 6.66. The van der Waals surface area contributed by atoms with Crippen LogP contribution in [0.1, 0.15) is 26.7 Å². The molecular weight excluding hydrogens is 298 g/mol. The minimum atomic E-state index is -1.72. The molecule has 0 amide bonds. The summed E-state index contributed by atoms with van der Waals surface area (Å²) >= 11 is 0. The maximum absolute atomic E-state index is 13.5. The number of anilines is 1. The van der Waals surface area contributed by atoms with Crippen LogP contribution in [-0.2, 0) is 0 Å². The zero-order chi connectivity index (χ0) is 16.4. The van der Waals surface area contributed by atoms with Crippen molar-refractivity contribution in [3.63, 3.8) is 0 Å². The molecule has 0 bridgehead atoms. The highest BCUT2D eigenvalue weighted by atomic mass is 19.2. The molecule has 0 saturated carbocycles. The van der Waals surface area contributed by atoms with E-state index in [9.17, 15) is 17.6 Å². The van der Waals surface area contributed by atoms with Crippen molar-refractivity contribution in [3.05, 3.63) is 47.3 Å². The van der Waals surface area contributed by atoms with Gasteiger partial charge in [0, 0.05) is 0 Å². The summed E-state index contributed by atoms with van der Waals surface area (Å²) in [6.45, 7) is 7.56. The third-order valence-electron chi connectivity index (χ3n) is 3.60. The summed E-state index contributed by atoms with van der Waals surface area (Å²) in [5, 5.41) is 3.89. The Bertz CT molecular complexity index is 654. The van der Waals surface area contributed by atoms with Crippen LogP contribution >= 0.6 is 0 Å². The molecule has 0 saturated heterocycles. The van der Waals surface area contributed by atoms with E-state index in [0.717, 1.165) is 17.6 Å². The smallest absolute Gasteiger partial charge is 0.254 e. The predicted octanol–water partition coefficient (Wildman–Crippen LogP) is 4.34. The van der Waals surface area contributed by atoms with Gasteiger partial charge in [-0.1, -0.05) is 18.2 Å². The van der Waals surface area contributed by atoms with Crippen LogP contribution in [0.2, 0.25) is 0 Å². The van der Waals surface area contributed by atoms with E-state index in [2.05, 4.69) is 22.1 Å². The number of pyridine rings is 1. The van der Waals surface area contributed by atoms with Crippen LogP contribution in [0.25, 0.3) is 0 Å². The van der Waals surface area contributed by atoms with Crippen LogP contribution in [0.15, 0.2) is 28.9 Å². The fraction of sp³-hybridized carbons (Fsp3) is 0.333. The van der Waals surface area contributed by atoms with Gasteiger partial charge in [0.05, 0.1) is 5.71 Å². The number of halogens is 4. The van der Waals surface area contributed by atoms with Crippen molar-refractivity contribution < 1.29 is 17.6 Å². The second-order valence-corrected chi connectivity index (χ2v) is 5.24. The standard InChI is InChI=1S/C15H15F4N3/c1-7(2)9-5-4-8(3)10(6-9)21-22-13-11(16)14(18)20-15(19)12(13)17/h4,9H,1,5-6H2,2-3H3,(H,20,22)/t9-/m1/s1. The van der Waals surface area contributed by atoms with Crippen molar-refractivity contribution in [3.8, 4) is 0 Å². The number of nitrogens with one attached hydrogen (secondary N) is 1. The number of nitrogens with zero attached hydrogens (tertiary/aromatic N) is 2. The molecule has 118 valence electrons. The summed E-state index contributed by atoms with van der Waals surface area (Å²) in [6.07, 6.45) is 3.27. The van der Waals surface area contributed by atoms with Crippen LogP contribution in [0.3, 0.4) is 0 Å². The lowest BCUT2D eigenvalue weighted by molar-refractivity contribution is 0.411. The van der Waals surface area contributed by atoms with Crippen LogP contribution in [0.5, 0.6) is 0 Å². The molecule has 0 radical (unpaired) electrons. The fourth-order valence-electron chi connectivity index (χ4n) is 2.13. The van der Waals surface area contributed by atoms with Crippen molar-refractivity contribution in [2.75, 3.05) is 5.43 Å².